The molecule has 1 aromatic carbocycles. The Morgan fingerprint density at radius 2 is 1.81 bits per heavy atom. The first-order valence-corrected chi connectivity index (χ1v) is 11.3. The molecule has 4 rings (SSSR count). The van der Waals surface area contributed by atoms with Gasteiger partial charge in [0.1, 0.15) is 0 Å². The molecule has 0 bridgehead atoms. The Labute approximate surface area is 190 Å². The number of aryl methyl sites for hydroxylation is 2. The Morgan fingerprint density at radius 3 is 2.50 bits per heavy atom. The number of nitrogens with one attached hydrogen (secondary N) is 2. The Hall–Kier alpha value is -2.80. The summed E-state index contributed by atoms with van der Waals surface area (Å²) in [6.07, 6.45) is 4.00. The summed E-state index contributed by atoms with van der Waals surface area (Å²) in [5.41, 5.74) is 3.94. The molecule has 1 aliphatic heterocycles. The average Bonchev–Trinajstić information content (AvgIpc) is 3.09. The Kier molecular flexibility index (Phi) is 6.29. The van der Waals surface area contributed by atoms with Gasteiger partial charge in [-0.3, -0.25) is 4.98 Å². The van der Waals surface area contributed by atoms with E-state index in [0.717, 1.165) is 60.8 Å². The van der Waals surface area contributed by atoms with E-state index in [1.807, 2.05) is 32.0 Å². The zero-order valence-corrected chi connectivity index (χ0v) is 19.7. The van der Waals surface area contributed by atoms with Gasteiger partial charge in [0.2, 0.25) is 0 Å². The van der Waals surface area contributed by atoms with Gasteiger partial charge in [0.05, 0.1) is 14.2 Å². The molecule has 2 fully saturated rings. The van der Waals surface area contributed by atoms with Gasteiger partial charge in [-0.25, -0.2) is 4.79 Å². The molecule has 172 valence electrons. The third-order valence-electron chi connectivity index (χ3n) is 7.16. The van der Waals surface area contributed by atoms with Crippen LogP contribution in [-0.2, 0) is 5.41 Å². The van der Waals surface area contributed by atoms with E-state index in [0.29, 0.717) is 6.04 Å². The zero-order chi connectivity index (χ0) is 22.9. The first kappa shape index (κ1) is 22.4. The normalized spacial score (nSPS) is 25.2. The predicted octanol–water partition coefficient (Wildman–Crippen LogP) is 4.03. The van der Waals surface area contributed by atoms with E-state index < -0.39 is 0 Å². The number of likely N-dealkylation sites (tertiary alicyclic amines) is 1. The van der Waals surface area contributed by atoms with Crippen molar-refractivity contribution in [3.63, 3.8) is 0 Å². The number of hydrogen-bond acceptors (Lipinski definition) is 5. The van der Waals surface area contributed by atoms with Gasteiger partial charge in [0.15, 0.2) is 11.5 Å². The second-order valence-electron chi connectivity index (χ2n) is 9.18. The number of nitrogens with zero attached hydrogens (tertiary/aromatic N) is 2. The van der Waals surface area contributed by atoms with Crippen molar-refractivity contribution in [1.82, 2.24) is 15.2 Å². The molecule has 1 saturated heterocycles. The van der Waals surface area contributed by atoms with Crippen molar-refractivity contribution in [3.8, 4) is 11.5 Å². The summed E-state index contributed by atoms with van der Waals surface area (Å²) in [6.45, 7) is 4.91. The lowest BCUT2D eigenvalue weighted by atomic mass is 9.65. The van der Waals surface area contributed by atoms with Crippen molar-refractivity contribution in [2.75, 3.05) is 33.1 Å². The summed E-state index contributed by atoms with van der Waals surface area (Å²) in [5, 5.41) is 6.18. The summed E-state index contributed by atoms with van der Waals surface area (Å²) >= 11 is 0. The highest BCUT2D eigenvalue weighted by Crippen LogP contribution is 2.49. The predicted molar refractivity (Wildman–Crippen MR) is 126 cm³/mol. The fraction of sp³-hybridized carbons (Fsp3) is 0.520. The van der Waals surface area contributed by atoms with Gasteiger partial charge in [-0.2, -0.15) is 0 Å². The van der Waals surface area contributed by atoms with Crippen molar-refractivity contribution < 1.29 is 14.3 Å². The molecule has 7 heteroatoms. The molecule has 7 nitrogen and oxygen atoms in total. The molecule has 1 aromatic heterocycles. The molecular weight excluding hydrogens is 404 g/mol. The number of benzene rings is 1. The average molecular weight is 439 g/mol. The maximum Gasteiger partial charge on any atom is 0.319 e. The molecular formula is C25H34N4O3. The monoisotopic (exact) mass is 438 g/mol. The lowest BCUT2D eigenvalue weighted by molar-refractivity contribution is 0.156. The first-order valence-electron chi connectivity index (χ1n) is 11.3. The van der Waals surface area contributed by atoms with E-state index in [-0.39, 0.29) is 17.5 Å². The molecule has 2 heterocycles. The number of carbonyl (C=O) groups is 1. The van der Waals surface area contributed by atoms with E-state index in [1.165, 1.54) is 5.56 Å². The third-order valence-corrected chi connectivity index (χ3v) is 7.16. The van der Waals surface area contributed by atoms with Crippen LogP contribution in [0.4, 0.5) is 10.5 Å². The Morgan fingerprint density at radius 1 is 1.09 bits per heavy atom. The number of carbonyl (C=O) groups excluding carboxylic acids is 1. The second-order valence-corrected chi connectivity index (χ2v) is 9.18. The summed E-state index contributed by atoms with van der Waals surface area (Å²) < 4.78 is 11.0. The zero-order valence-electron chi connectivity index (χ0n) is 19.7. The van der Waals surface area contributed by atoms with Crippen molar-refractivity contribution in [2.45, 2.75) is 57.0 Å². The number of amides is 2. The minimum Gasteiger partial charge on any atom is -0.493 e. The Bertz CT molecular complexity index is 975. The quantitative estimate of drug-likeness (QED) is 0.737. The molecule has 2 N–H and O–H groups in total. The lowest BCUT2D eigenvalue weighted by Gasteiger charge is -2.45. The van der Waals surface area contributed by atoms with Crippen LogP contribution in [0.5, 0.6) is 11.5 Å². The number of aromatic nitrogens is 1. The van der Waals surface area contributed by atoms with Gasteiger partial charge in [-0.15, -0.1) is 0 Å². The molecule has 3 unspecified atom stereocenters. The topological polar surface area (TPSA) is 75.7 Å². The van der Waals surface area contributed by atoms with E-state index in [9.17, 15) is 4.79 Å². The molecule has 0 radical (unpaired) electrons. The first-order chi connectivity index (χ1) is 15.3. The number of anilines is 1. The molecule has 2 aliphatic rings. The molecule has 0 spiro atoms. The highest BCUT2D eigenvalue weighted by molar-refractivity contribution is 5.89. The Balaban J connectivity index is 1.48. The van der Waals surface area contributed by atoms with Crippen LogP contribution in [0.2, 0.25) is 0 Å². The minimum absolute atomic E-state index is 0.0717. The van der Waals surface area contributed by atoms with Crippen LogP contribution >= 0.6 is 0 Å². The molecule has 32 heavy (non-hydrogen) atoms. The molecule has 1 aliphatic carbocycles. The van der Waals surface area contributed by atoms with Crippen molar-refractivity contribution in [2.24, 2.45) is 0 Å². The number of ether oxygens (including phenoxy) is 2. The maximum absolute atomic E-state index is 12.7. The van der Waals surface area contributed by atoms with Crippen molar-refractivity contribution in [3.05, 3.63) is 47.3 Å². The van der Waals surface area contributed by atoms with Crippen LogP contribution in [0, 0.1) is 13.8 Å². The highest BCUT2D eigenvalue weighted by Gasteiger charge is 2.50. The summed E-state index contributed by atoms with van der Waals surface area (Å²) in [5.74, 6) is 1.53. The van der Waals surface area contributed by atoms with Crippen LogP contribution in [-0.4, -0.2) is 55.8 Å². The largest absolute Gasteiger partial charge is 0.493 e. The second kappa shape index (κ2) is 8.98. The van der Waals surface area contributed by atoms with Crippen molar-refractivity contribution >= 4 is 11.7 Å². The summed E-state index contributed by atoms with van der Waals surface area (Å²) in [4.78, 5) is 19.5. The number of urea groups is 1. The van der Waals surface area contributed by atoms with Gasteiger partial charge >= 0.3 is 6.03 Å². The smallest absolute Gasteiger partial charge is 0.319 e. The van der Waals surface area contributed by atoms with E-state index in [2.05, 4.69) is 39.7 Å². The van der Waals surface area contributed by atoms with Crippen LogP contribution in [0.3, 0.4) is 0 Å². The van der Waals surface area contributed by atoms with Gasteiger partial charge in [0, 0.05) is 34.6 Å². The number of hydrogen-bond donors (Lipinski definition) is 2. The number of rotatable bonds is 5. The summed E-state index contributed by atoms with van der Waals surface area (Å²) in [7, 11) is 5.54. The van der Waals surface area contributed by atoms with Crippen molar-refractivity contribution in [1.29, 1.82) is 0 Å². The van der Waals surface area contributed by atoms with Gasteiger partial charge < -0.3 is 25.0 Å². The van der Waals surface area contributed by atoms with Gasteiger partial charge in [-0.1, -0.05) is 6.07 Å². The summed E-state index contributed by atoms with van der Waals surface area (Å²) in [6, 6.07) is 10.5. The fourth-order valence-electron chi connectivity index (χ4n) is 5.65. The fourth-order valence-corrected chi connectivity index (χ4v) is 5.65. The minimum atomic E-state index is -0.153. The number of methoxy groups -OCH3 is 2. The standard InChI is InChI=1S/C25H34N4O3/c1-16-12-20(13-17(2)26-16)28-24(30)27-19-8-9-25(10-11-29(3)23(25)15-19)18-6-7-21(31-4)22(14-18)32-5/h6-7,12-14,19,23H,8-11,15H2,1-5H3,(H2,26,27,28,30). The number of pyridine rings is 1. The lowest BCUT2D eigenvalue weighted by Crippen LogP contribution is -2.52. The molecule has 2 aromatic rings. The van der Waals surface area contributed by atoms with E-state index in [1.54, 1.807) is 14.2 Å². The number of fused-ring (bicyclic) bond motifs is 1. The third kappa shape index (κ3) is 4.26. The van der Waals surface area contributed by atoms with Crippen LogP contribution in [0.15, 0.2) is 30.3 Å². The van der Waals surface area contributed by atoms with E-state index in [4.69, 9.17) is 9.47 Å². The van der Waals surface area contributed by atoms with Crippen LogP contribution < -0.4 is 20.1 Å². The molecule has 1 saturated carbocycles. The highest BCUT2D eigenvalue weighted by atomic mass is 16.5. The van der Waals surface area contributed by atoms with Gasteiger partial charge in [0.25, 0.3) is 0 Å². The van der Waals surface area contributed by atoms with Crippen LogP contribution in [0.1, 0.15) is 42.6 Å². The van der Waals surface area contributed by atoms with Gasteiger partial charge in [-0.05, 0) is 83.0 Å². The molecule has 2 amide bonds. The SMILES string of the molecule is COc1ccc(C23CCC(NC(=O)Nc4cc(C)nc(C)c4)CC2N(C)CC3)cc1OC. The maximum atomic E-state index is 12.7. The molecule has 3 atom stereocenters. The number of likely N-dealkylation sites (N-methyl/N-ethyl adjacent to an activating group) is 1. The van der Waals surface area contributed by atoms with E-state index >= 15 is 0 Å². The van der Waals surface area contributed by atoms with Crippen LogP contribution in [0.25, 0.3) is 0 Å².